The SMILES string of the molecule is O=C1NC[C@]2(CCN(CC3CC(C4CCCCC4)NO3)C2)OC2CCC(F)CC12. The molecule has 0 bridgehead atoms. The van der Waals surface area contributed by atoms with Gasteiger partial charge in [-0.15, -0.1) is 0 Å². The van der Waals surface area contributed by atoms with Crippen LogP contribution in [-0.2, 0) is 14.4 Å². The van der Waals surface area contributed by atoms with E-state index in [4.69, 9.17) is 9.57 Å². The molecule has 2 aliphatic carbocycles. The molecule has 2 saturated carbocycles. The van der Waals surface area contributed by atoms with Crippen molar-refractivity contribution in [1.82, 2.24) is 15.7 Å². The van der Waals surface area contributed by atoms with E-state index in [1.807, 2.05) is 0 Å². The normalized spacial score (nSPS) is 44.6. The van der Waals surface area contributed by atoms with E-state index >= 15 is 0 Å². The second-order valence-corrected chi connectivity index (χ2v) is 10.2. The summed E-state index contributed by atoms with van der Waals surface area (Å²) < 4.78 is 20.4. The van der Waals surface area contributed by atoms with Crippen LogP contribution in [0.1, 0.15) is 64.2 Å². The number of ether oxygens (including phenoxy) is 1. The van der Waals surface area contributed by atoms with E-state index in [0.717, 1.165) is 38.4 Å². The van der Waals surface area contributed by atoms with Crippen LogP contribution in [0.25, 0.3) is 0 Å². The molecule has 29 heavy (non-hydrogen) atoms. The first-order valence-corrected chi connectivity index (χ1v) is 11.8. The summed E-state index contributed by atoms with van der Waals surface area (Å²) in [6, 6.07) is 0.502. The summed E-state index contributed by atoms with van der Waals surface area (Å²) in [7, 11) is 0. The minimum Gasteiger partial charge on any atom is -0.368 e. The summed E-state index contributed by atoms with van der Waals surface area (Å²) in [5.74, 6) is 0.416. The third-order valence-electron chi connectivity index (χ3n) is 8.02. The third-order valence-corrected chi connectivity index (χ3v) is 8.02. The Hall–Kier alpha value is -0.760. The Morgan fingerprint density at radius 2 is 2.00 bits per heavy atom. The van der Waals surface area contributed by atoms with E-state index in [-0.39, 0.29) is 29.6 Å². The summed E-state index contributed by atoms with van der Waals surface area (Å²) in [5, 5.41) is 3.06. The molecule has 5 rings (SSSR count). The number of nitrogens with zero attached hydrogens (tertiary/aromatic N) is 1. The summed E-state index contributed by atoms with van der Waals surface area (Å²) in [5.41, 5.74) is 3.00. The number of hydroxylamine groups is 1. The topological polar surface area (TPSA) is 62.8 Å². The number of rotatable bonds is 3. The molecule has 3 aliphatic heterocycles. The first kappa shape index (κ1) is 20.2. The van der Waals surface area contributed by atoms with Crippen molar-refractivity contribution in [2.24, 2.45) is 11.8 Å². The maximum absolute atomic E-state index is 13.8. The van der Waals surface area contributed by atoms with Crippen molar-refractivity contribution in [1.29, 1.82) is 0 Å². The quantitative estimate of drug-likeness (QED) is 0.749. The Labute approximate surface area is 173 Å². The first-order chi connectivity index (χ1) is 14.1. The van der Waals surface area contributed by atoms with E-state index in [1.165, 1.54) is 32.1 Å². The average molecular weight is 410 g/mol. The minimum atomic E-state index is -0.871. The van der Waals surface area contributed by atoms with Gasteiger partial charge in [0.25, 0.3) is 0 Å². The number of hydrogen-bond donors (Lipinski definition) is 2. The molecule has 0 aromatic heterocycles. The Kier molecular flexibility index (Phi) is 5.84. The number of likely N-dealkylation sites (tertiary alicyclic amines) is 1. The highest BCUT2D eigenvalue weighted by Gasteiger charge is 2.48. The monoisotopic (exact) mass is 409 g/mol. The van der Waals surface area contributed by atoms with Crippen LogP contribution < -0.4 is 10.8 Å². The van der Waals surface area contributed by atoms with E-state index in [2.05, 4.69) is 15.7 Å². The summed E-state index contributed by atoms with van der Waals surface area (Å²) in [6.45, 7) is 3.24. The molecule has 3 saturated heterocycles. The highest BCUT2D eigenvalue weighted by molar-refractivity contribution is 5.79. The second kappa shape index (κ2) is 8.40. The number of carbonyl (C=O) groups excluding carboxylic acids is 1. The predicted octanol–water partition coefficient (Wildman–Crippen LogP) is 2.33. The Morgan fingerprint density at radius 1 is 1.14 bits per heavy atom. The standard InChI is InChI=1S/C22H36FN3O3/c23-16-6-7-20-18(10-16)21(27)24-13-22(28-20)8-9-26(14-22)12-17-11-19(25-29-17)15-4-2-1-3-5-15/h15-20,25H,1-14H2,(H,24,27)/t16?,17?,18?,19?,20?,22-/m0/s1. The molecule has 164 valence electrons. The van der Waals surface area contributed by atoms with Gasteiger partial charge in [-0.05, 0) is 50.9 Å². The summed E-state index contributed by atoms with van der Waals surface area (Å²) in [6.07, 6.45) is 9.46. The first-order valence-electron chi connectivity index (χ1n) is 11.8. The molecule has 6 nitrogen and oxygen atoms in total. The minimum absolute atomic E-state index is 0.0219. The lowest BCUT2D eigenvalue weighted by Crippen LogP contribution is -2.46. The van der Waals surface area contributed by atoms with Crippen LogP contribution in [0.5, 0.6) is 0 Å². The predicted molar refractivity (Wildman–Crippen MR) is 107 cm³/mol. The Balaban J connectivity index is 1.15. The van der Waals surface area contributed by atoms with Crippen LogP contribution in [0.15, 0.2) is 0 Å². The van der Waals surface area contributed by atoms with Gasteiger partial charge in [-0.3, -0.25) is 14.5 Å². The molecule has 7 heteroatoms. The van der Waals surface area contributed by atoms with Gasteiger partial charge in [0.05, 0.1) is 23.7 Å². The highest BCUT2D eigenvalue weighted by atomic mass is 19.1. The molecule has 5 unspecified atom stereocenters. The molecule has 0 radical (unpaired) electrons. The number of nitrogens with one attached hydrogen (secondary N) is 2. The smallest absolute Gasteiger partial charge is 0.225 e. The maximum Gasteiger partial charge on any atom is 0.225 e. The van der Waals surface area contributed by atoms with Crippen LogP contribution in [0.3, 0.4) is 0 Å². The van der Waals surface area contributed by atoms with Crippen LogP contribution in [0, 0.1) is 11.8 Å². The van der Waals surface area contributed by atoms with Crippen molar-refractivity contribution in [3.05, 3.63) is 0 Å². The molecule has 1 amide bonds. The van der Waals surface area contributed by atoms with Gasteiger partial charge in [-0.25, -0.2) is 4.39 Å². The van der Waals surface area contributed by atoms with E-state index in [1.54, 1.807) is 0 Å². The van der Waals surface area contributed by atoms with Crippen molar-refractivity contribution in [2.75, 3.05) is 26.2 Å². The zero-order valence-electron chi connectivity index (χ0n) is 17.4. The molecule has 0 aromatic carbocycles. The Bertz CT molecular complexity index is 602. The van der Waals surface area contributed by atoms with E-state index < -0.39 is 6.17 Å². The number of halogens is 1. The lowest BCUT2D eigenvalue weighted by molar-refractivity contribution is -0.136. The molecule has 0 aromatic rings. The number of amides is 1. The highest BCUT2D eigenvalue weighted by Crippen LogP contribution is 2.38. The fraction of sp³-hybridized carbons (Fsp3) is 0.955. The van der Waals surface area contributed by atoms with Crippen LogP contribution >= 0.6 is 0 Å². The van der Waals surface area contributed by atoms with Gasteiger partial charge in [-0.2, -0.15) is 5.48 Å². The summed E-state index contributed by atoms with van der Waals surface area (Å²) >= 11 is 0. The van der Waals surface area contributed by atoms with Gasteiger partial charge in [0.1, 0.15) is 6.17 Å². The van der Waals surface area contributed by atoms with Crippen LogP contribution in [0.4, 0.5) is 4.39 Å². The molecule has 5 aliphatic rings. The second-order valence-electron chi connectivity index (χ2n) is 10.2. The fourth-order valence-corrected chi connectivity index (χ4v) is 6.36. The van der Waals surface area contributed by atoms with Gasteiger partial charge in [0.2, 0.25) is 5.91 Å². The summed E-state index contributed by atoms with van der Waals surface area (Å²) in [4.78, 5) is 20.9. The average Bonchev–Trinajstić information content (AvgIpc) is 3.33. The number of carbonyl (C=O) groups is 1. The van der Waals surface area contributed by atoms with Crippen LogP contribution in [-0.4, -0.2) is 67.0 Å². The van der Waals surface area contributed by atoms with Gasteiger partial charge in [0, 0.05) is 32.2 Å². The van der Waals surface area contributed by atoms with Gasteiger partial charge >= 0.3 is 0 Å². The van der Waals surface area contributed by atoms with Gasteiger partial charge in [0.15, 0.2) is 0 Å². The molecule has 1 spiro atoms. The number of fused-ring (bicyclic) bond motifs is 1. The Morgan fingerprint density at radius 3 is 2.86 bits per heavy atom. The van der Waals surface area contributed by atoms with E-state index in [9.17, 15) is 9.18 Å². The molecule has 3 heterocycles. The fourth-order valence-electron chi connectivity index (χ4n) is 6.36. The van der Waals surface area contributed by atoms with Crippen molar-refractivity contribution in [3.63, 3.8) is 0 Å². The lowest BCUT2D eigenvalue weighted by atomic mass is 9.82. The molecule has 6 atom stereocenters. The molecular weight excluding hydrogens is 373 g/mol. The number of hydrogen-bond acceptors (Lipinski definition) is 5. The lowest BCUT2D eigenvalue weighted by Gasteiger charge is -2.35. The zero-order valence-corrected chi connectivity index (χ0v) is 17.4. The van der Waals surface area contributed by atoms with Gasteiger partial charge < -0.3 is 10.1 Å². The van der Waals surface area contributed by atoms with E-state index in [0.29, 0.717) is 31.8 Å². The number of alkyl halides is 1. The van der Waals surface area contributed by atoms with Crippen molar-refractivity contribution in [2.45, 2.75) is 94.2 Å². The van der Waals surface area contributed by atoms with Crippen molar-refractivity contribution < 1.29 is 18.8 Å². The third kappa shape index (κ3) is 4.34. The maximum atomic E-state index is 13.8. The van der Waals surface area contributed by atoms with Crippen molar-refractivity contribution in [3.8, 4) is 0 Å². The van der Waals surface area contributed by atoms with Crippen molar-refractivity contribution >= 4 is 5.91 Å². The van der Waals surface area contributed by atoms with Crippen LogP contribution in [0.2, 0.25) is 0 Å². The largest absolute Gasteiger partial charge is 0.368 e. The zero-order chi connectivity index (χ0) is 19.8. The molecular formula is C22H36FN3O3. The van der Waals surface area contributed by atoms with Gasteiger partial charge in [-0.1, -0.05) is 19.3 Å². The molecule has 2 N–H and O–H groups in total. The molecule has 5 fully saturated rings.